The SMILES string of the molecule is C#C[C@]1(OC(C)=O)CC[C@H]2[C@@H]3CCc4cc(OC)ccc4[C@H]3CC[C@@]21C. The average Bonchev–Trinajstić information content (AvgIpc) is 2.93. The van der Waals surface area contributed by atoms with Crippen LogP contribution in [0.15, 0.2) is 18.2 Å². The Labute approximate surface area is 156 Å². The van der Waals surface area contributed by atoms with Crippen LogP contribution in [-0.2, 0) is 16.0 Å². The molecule has 2 saturated carbocycles. The van der Waals surface area contributed by atoms with Crippen molar-refractivity contribution in [1.29, 1.82) is 0 Å². The Morgan fingerprint density at radius 2 is 2.08 bits per heavy atom. The van der Waals surface area contributed by atoms with Gasteiger partial charge >= 0.3 is 5.97 Å². The summed E-state index contributed by atoms with van der Waals surface area (Å²) in [6, 6.07) is 6.57. The van der Waals surface area contributed by atoms with E-state index in [1.54, 1.807) is 7.11 Å². The lowest BCUT2D eigenvalue weighted by Crippen LogP contribution is -2.52. The number of fused-ring (bicyclic) bond motifs is 5. The monoisotopic (exact) mass is 352 g/mol. The van der Waals surface area contributed by atoms with E-state index in [-0.39, 0.29) is 11.4 Å². The Kier molecular flexibility index (Phi) is 4.06. The fourth-order valence-corrected chi connectivity index (χ4v) is 6.36. The predicted octanol–water partition coefficient (Wildman–Crippen LogP) is 4.49. The molecule has 3 aliphatic rings. The molecule has 0 bridgehead atoms. The van der Waals surface area contributed by atoms with Crippen LogP contribution in [0.25, 0.3) is 0 Å². The molecule has 0 spiro atoms. The fraction of sp³-hybridized carbons (Fsp3) is 0.609. The van der Waals surface area contributed by atoms with Gasteiger partial charge in [-0.1, -0.05) is 18.9 Å². The molecule has 0 amide bonds. The summed E-state index contributed by atoms with van der Waals surface area (Å²) in [6.07, 6.45) is 12.2. The molecular weight excluding hydrogens is 324 g/mol. The van der Waals surface area contributed by atoms with Crippen molar-refractivity contribution in [2.75, 3.05) is 7.11 Å². The van der Waals surface area contributed by atoms with Crippen molar-refractivity contribution in [3.05, 3.63) is 29.3 Å². The third-order valence-electron chi connectivity index (χ3n) is 7.60. The van der Waals surface area contributed by atoms with E-state index in [9.17, 15) is 4.79 Å². The van der Waals surface area contributed by atoms with Crippen LogP contribution in [0, 0.1) is 29.6 Å². The highest BCUT2D eigenvalue weighted by Crippen LogP contribution is 2.65. The van der Waals surface area contributed by atoms with Gasteiger partial charge in [0.2, 0.25) is 0 Å². The third kappa shape index (κ3) is 2.31. The van der Waals surface area contributed by atoms with Gasteiger partial charge in [-0.3, -0.25) is 4.79 Å². The summed E-state index contributed by atoms with van der Waals surface area (Å²) in [6.45, 7) is 3.75. The van der Waals surface area contributed by atoms with E-state index < -0.39 is 5.60 Å². The minimum Gasteiger partial charge on any atom is -0.497 e. The lowest BCUT2D eigenvalue weighted by atomic mass is 9.53. The van der Waals surface area contributed by atoms with E-state index in [2.05, 4.69) is 31.0 Å². The predicted molar refractivity (Wildman–Crippen MR) is 101 cm³/mol. The lowest BCUT2D eigenvalue weighted by molar-refractivity contribution is -0.165. The van der Waals surface area contributed by atoms with Crippen LogP contribution < -0.4 is 4.74 Å². The van der Waals surface area contributed by atoms with Crippen molar-refractivity contribution >= 4 is 5.97 Å². The van der Waals surface area contributed by atoms with Gasteiger partial charge in [0.15, 0.2) is 5.60 Å². The van der Waals surface area contributed by atoms with Crippen molar-refractivity contribution in [2.24, 2.45) is 17.3 Å². The van der Waals surface area contributed by atoms with Crippen LogP contribution in [-0.4, -0.2) is 18.7 Å². The van der Waals surface area contributed by atoms with Crippen LogP contribution >= 0.6 is 0 Å². The smallest absolute Gasteiger partial charge is 0.304 e. The first-order chi connectivity index (χ1) is 12.4. The van der Waals surface area contributed by atoms with Crippen molar-refractivity contribution in [1.82, 2.24) is 0 Å². The highest BCUT2D eigenvalue weighted by molar-refractivity contribution is 5.67. The normalized spacial score (nSPS) is 37.7. The molecule has 3 nitrogen and oxygen atoms in total. The Bertz CT molecular complexity index is 776. The quantitative estimate of drug-likeness (QED) is 0.581. The first-order valence-corrected chi connectivity index (χ1v) is 9.78. The summed E-state index contributed by atoms with van der Waals surface area (Å²) in [5.41, 5.74) is 2.10. The number of hydrogen-bond acceptors (Lipinski definition) is 3. The molecule has 2 fully saturated rings. The second kappa shape index (κ2) is 6.05. The van der Waals surface area contributed by atoms with Gasteiger partial charge in [0.25, 0.3) is 0 Å². The molecule has 0 heterocycles. The maximum Gasteiger partial charge on any atom is 0.304 e. The lowest BCUT2D eigenvalue weighted by Gasteiger charge is -2.52. The topological polar surface area (TPSA) is 35.5 Å². The van der Waals surface area contributed by atoms with E-state index in [4.69, 9.17) is 15.9 Å². The molecular formula is C23H28O3. The summed E-state index contributed by atoms with van der Waals surface area (Å²) >= 11 is 0. The number of hydrogen-bond donors (Lipinski definition) is 0. The summed E-state index contributed by atoms with van der Waals surface area (Å²) < 4.78 is 11.2. The van der Waals surface area contributed by atoms with Crippen molar-refractivity contribution in [3.8, 4) is 18.1 Å². The van der Waals surface area contributed by atoms with Gasteiger partial charge in [-0.05, 0) is 79.5 Å². The van der Waals surface area contributed by atoms with Gasteiger partial charge in [0.05, 0.1) is 7.11 Å². The van der Waals surface area contributed by atoms with E-state index in [0.29, 0.717) is 17.8 Å². The second-order valence-corrected chi connectivity index (χ2v) is 8.54. The minimum absolute atomic E-state index is 0.113. The Morgan fingerprint density at radius 1 is 1.27 bits per heavy atom. The number of terminal acetylenes is 1. The van der Waals surface area contributed by atoms with Gasteiger partial charge in [0.1, 0.15) is 5.75 Å². The largest absolute Gasteiger partial charge is 0.497 e. The number of aryl methyl sites for hydroxylation is 1. The molecule has 0 radical (unpaired) electrons. The van der Waals surface area contributed by atoms with Gasteiger partial charge < -0.3 is 9.47 Å². The Morgan fingerprint density at radius 3 is 2.77 bits per heavy atom. The van der Waals surface area contributed by atoms with Crippen LogP contribution in [0.2, 0.25) is 0 Å². The maximum atomic E-state index is 11.8. The first-order valence-electron chi connectivity index (χ1n) is 9.78. The van der Waals surface area contributed by atoms with Crippen molar-refractivity contribution in [3.63, 3.8) is 0 Å². The first kappa shape index (κ1) is 17.5. The molecule has 26 heavy (non-hydrogen) atoms. The van der Waals surface area contributed by atoms with Crippen molar-refractivity contribution < 1.29 is 14.3 Å². The van der Waals surface area contributed by atoms with Crippen LogP contribution in [0.4, 0.5) is 0 Å². The van der Waals surface area contributed by atoms with Crippen LogP contribution in [0.1, 0.15) is 63.0 Å². The van der Waals surface area contributed by atoms with Crippen molar-refractivity contribution in [2.45, 2.75) is 63.9 Å². The second-order valence-electron chi connectivity index (χ2n) is 8.54. The number of carbonyl (C=O) groups excluding carboxylic acids is 1. The number of ether oxygens (including phenoxy) is 2. The minimum atomic E-state index is -0.728. The van der Waals surface area contributed by atoms with Crippen LogP contribution in [0.5, 0.6) is 5.75 Å². The number of carbonyl (C=O) groups is 1. The number of benzene rings is 1. The van der Waals surface area contributed by atoms with E-state index in [1.807, 2.05) is 0 Å². The molecule has 0 aliphatic heterocycles. The summed E-state index contributed by atoms with van der Waals surface area (Å²) in [7, 11) is 1.73. The van der Waals surface area contributed by atoms with E-state index >= 15 is 0 Å². The van der Waals surface area contributed by atoms with Gasteiger partial charge in [0, 0.05) is 12.3 Å². The van der Waals surface area contributed by atoms with Gasteiger partial charge in [-0.25, -0.2) is 0 Å². The molecule has 3 heteroatoms. The zero-order valence-corrected chi connectivity index (χ0v) is 16.0. The highest BCUT2D eigenvalue weighted by atomic mass is 16.6. The zero-order chi connectivity index (χ0) is 18.5. The summed E-state index contributed by atoms with van der Waals surface area (Å²) in [4.78, 5) is 11.8. The molecule has 3 aliphatic carbocycles. The molecule has 4 rings (SSSR count). The number of rotatable bonds is 2. The summed E-state index contributed by atoms with van der Waals surface area (Å²) in [5.74, 6) is 5.35. The third-order valence-corrected chi connectivity index (χ3v) is 7.60. The van der Waals surface area contributed by atoms with E-state index in [0.717, 1.165) is 37.9 Å². The molecule has 1 aromatic rings. The molecule has 5 atom stereocenters. The average molecular weight is 352 g/mol. The molecule has 0 N–H and O–H groups in total. The molecule has 0 aromatic heterocycles. The fourth-order valence-electron chi connectivity index (χ4n) is 6.36. The maximum absolute atomic E-state index is 11.8. The number of methoxy groups -OCH3 is 1. The van der Waals surface area contributed by atoms with Gasteiger partial charge in [-0.2, -0.15) is 0 Å². The standard InChI is InChI=1S/C23H28O3/c1-5-23(26-15(2)24)13-11-21-20-8-6-16-14-17(25-4)7-9-18(16)19(20)10-12-22(21,23)3/h1,7,9,14,19-21H,6,8,10-13H2,2-4H3/t19-,20-,21+,22+,23+/m1/s1. The van der Waals surface area contributed by atoms with E-state index in [1.165, 1.54) is 24.5 Å². The zero-order valence-electron chi connectivity index (χ0n) is 16.0. The highest BCUT2D eigenvalue weighted by Gasteiger charge is 2.63. The molecule has 138 valence electrons. The molecule has 1 aromatic carbocycles. The summed E-state index contributed by atoms with van der Waals surface area (Å²) in [5, 5.41) is 0. The van der Waals surface area contributed by atoms with Gasteiger partial charge in [-0.15, -0.1) is 6.42 Å². The number of esters is 1. The van der Waals surface area contributed by atoms with Crippen LogP contribution in [0.3, 0.4) is 0 Å². The Hall–Kier alpha value is -1.95. The Balaban J connectivity index is 1.68. The molecule has 0 unspecified atom stereocenters. The molecule has 0 saturated heterocycles.